The minimum absolute atomic E-state index is 0.289. The Labute approximate surface area is 150 Å². The summed E-state index contributed by atoms with van der Waals surface area (Å²) in [7, 11) is 0. The van der Waals surface area contributed by atoms with E-state index in [-0.39, 0.29) is 5.69 Å². The number of carbonyl (C=O) groups is 2. The van der Waals surface area contributed by atoms with Crippen LogP contribution in [0.15, 0.2) is 48.5 Å². The lowest BCUT2D eigenvalue weighted by molar-refractivity contribution is -0.142. The van der Waals surface area contributed by atoms with Gasteiger partial charge in [0, 0.05) is 6.08 Å². The molecular formula is C18H15Cl2NO3. The summed E-state index contributed by atoms with van der Waals surface area (Å²) in [5.41, 5.74) is 2.28. The Hall–Kier alpha value is -2.30. The highest BCUT2D eigenvalue weighted by molar-refractivity contribution is 6.39. The molecule has 124 valence electrons. The number of amides is 1. The highest BCUT2D eigenvalue weighted by Crippen LogP contribution is 2.29. The van der Waals surface area contributed by atoms with Gasteiger partial charge in [-0.25, -0.2) is 4.79 Å². The molecule has 0 atom stereocenters. The predicted molar refractivity (Wildman–Crippen MR) is 96.3 cm³/mol. The molecule has 0 radical (unpaired) electrons. The summed E-state index contributed by atoms with van der Waals surface area (Å²) in [5, 5.41) is 3.12. The number of anilines is 1. The Bertz CT molecular complexity index is 750. The maximum Gasteiger partial charge on any atom is 0.331 e. The van der Waals surface area contributed by atoms with Crippen molar-refractivity contribution >= 4 is 46.8 Å². The van der Waals surface area contributed by atoms with E-state index in [2.05, 4.69) is 5.32 Å². The average molecular weight is 364 g/mol. The Morgan fingerprint density at radius 2 is 1.71 bits per heavy atom. The zero-order valence-corrected chi connectivity index (χ0v) is 14.4. The van der Waals surface area contributed by atoms with E-state index in [4.69, 9.17) is 27.9 Å². The number of carbonyl (C=O) groups excluding carboxylic acids is 2. The molecular weight excluding hydrogens is 349 g/mol. The number of aryl methyl sites for hydroxylation is 1. The van der Waals surface area contributed by atoms with Gasteiger partial charge in [0.15, 0.2) is 6.61 Å². The van der Waals surface area contributed by atoms with Crippen LogP contribution in [-0.4, -0.2) is 18.5 Å². The van der Waals surface area contributed by atoms with E-state index < -0.39 is 18.5 Å². The molecule has 0 heterocycles. The van der Waals surface area contributed by atoms with Gasteiger partial charge in [0.2, 0.25) is 0 Å². The highest BCUT2D eigenvalue weighted by atomic mass is 35.5. The van der Waals surface area contributed by atoms with Crippen molar-refractivity contribution in [3.8, 4) is 0 Å². The van der Waals surface area contributed by atoms with E-state index >= 15 is 0 Å². The fraction of sp³-hybridized carbons (Fsp3) is 0.111. The molecule has 2 aromatic carbocycles. The molecule has 0 unspecified atom stereocenters. The zero-order valence-electron chi connectivity index (χ0n) is 12.9. The molecule has 1 amide bonds. The first-order chi connectivity index (χ1) is 11.5. The van der Waals surface area contributed by atoms with Crippen LogP contribution in [0, 0.1) is 6.92 Å². The van der Waals surface area contributed by atoms with Crippen LogP contribution in [0.25, 0.3) is 6.08 Å². The van der Waals surface area contributed by atoms with Crippen LogP contribution < -0.4 is 5.32 Å². The average Bonchev–Trinajstić information content (AvgIpc) is 2.56. The van der Waals surface area contributed by atoms with Gasteiger partial charge in [-0.3, -0.25) is 4.79 Å². The van der Waals surface area contributed by atoms with Crippen LogP contribution in [0.5, 0.6) is 0 Å². The number of nitrogens with one attached hydrogen (secondary N) is 1. The van der Waals surface area contributed by atoms with Crippen molar-refractivity contribution in [2.45, 2.75) is 6.92 Å². The van der Waals surface area contributed by atoms with Gasteiger partial charge < -0.3 is 10.1 Å². The summed E-state index contributed by atoms with van der Waals surface area (Å²) in [6, 6.07) is 12.5. The van der Waals surface area contributed by atoms with Gasteiger partial charge in [-0.1, -0.05) is 59.1 Å². The molecule has 0 saturated carbocycles. The quantitative estimate of drug-likeness (QED) is 0.628. The third-order valence-corrected chi connectivity index (χ3v) is 3.69. The van der Waals surface area contributed by atoms with Crippen LogP contribution in [0.1, 0.15) is 11.1 Å². The van der Waals surface area contributed by atoms with Crippen LogP contribution in [0.3, 0.4) is 0 Å². The van der Waals surface area contributed by atoms with Crippen LogP contribution in [0.4, 0.5) is 5.69 Å². The molecule has 0 fully saturated rings. The largest absolute Gasteiger partial charge is 0.452 e. The first kappa shape index (κ1) is 18.0. The number of hydrogen-bond acceptors (Lipinski definition) is 3. The number of benzene rings is 2. The molecule has 0 aliphatic heterocycles. The van der Waals surface area contributed by atoms with Gasteiger partial charge in [0.25, 0.3) is 5.91 Å². The summed E-state index contributed by atoms with van der Waals surface area (Å²) in [4.78, 5) is 23.4. The van der Waals surface area contributed by atoms with Crippen molar-refractivity contribution in [2.24, 2.45) is 0 Å². The minimum atomic E-state index is -0.615. The van der Waals surface area contributed by atoms with Gasteiger partial charge in [-0.2, -0.15) is 0 Å². The highest BCUT2D eigenvalue weighted by Gasteiger charge is 2.10. The van der Waals surface area contributed by atoms with Gasteiger partial charge >= 0.3 is 5.97 Å². The van der Waals surface area contributed by atoms with E-state index in [0.29, 0.717) is 10.0 Å². The number of halogens is 2. The third kappa shape index (κ3) is 5.41. The first-order valence-corrected chi connectivity index (χ1v) is 7.86. The number of esters is 1. The van der Waals surface area contributed by atoms with Crippen LogP contribution in [0.2, 0.25) is 10.0 Å². The van der Waals surface area contributed by atoms with Crippen LogP contribution >= 0.6 is 23.2 Å². The molecule has 2 rings (SSSR count). The standard InChI is InChI=1S/C18H15Cl2NO3/c1-12-5-7-13(8-6-12)9-10-17(23)24-11-16(22)21-18-14(19)3-2-4-15(18)20/h2-10H,11H2,1H3,(H,21,22)/b10-9+. The molecule has 1 N–H and O–H groups in total. The maximum atomic E-state index is 11.8. The van der Waals surface area contributed by atoms with Crippen molar-refractivity contribution in [1.82, 2.24) is 0 Å². The molecule has 2 aromatic rings. The Morgan fingerprint density at radius 3 is 2.33 bits per heavy atom. The number of ether oxygens (including phenoxy) is 1. The first-order valence-electron chi connectivity index (χ1n) is 7.11. The number of para-hydroxylation sites is 1. The fourth-order valence-electron chi connectivity index (χ4n) is 1.82. The summed E-state index contributed by atoms with van der Waals surface area (Å²) in [5.74, 6) is -1.14. The van der Waals surface area contributed by atoms with E-state index in [9.17, 15) is 9.59 Å². The molecule has 0 aliphatic rings. The van der Waals surface area contributed by atoms with Crippen molar-refractivity contribution in [2.75, 3.05) is 11.9 Å². The fourth-order valence-corrected chi connectivity index (χ4v) is 2.31. The molecule has 24 heavy (non-hydrogen) atoms. The molecule has 0 spiro atoms. The minimum Gasteiger partial charge on any atom is -0.452 e. The molecule has 0 aromatic heterocycles. The van der Waals surface area contributed by atoms with E-state index in [1.54, 1.807) is 24.3 Å². The Morgan fingerprint density at radius 1 is 1.08 bits per heavy atom. The summed E-state index contributed by atoms with van der Waals surface area (Å²) in [6.45, 7) is 1.55. The molecule has 0 saturated heterocycles. The van der Waals surface area contributed by atoms with Crippen LogP contribution in [-0.2, 0) is 14.3 Å². The normalized spacial score (nSPS) is 10.6. The Balaban J connectivity index is 1.85. The second-order valence-corrected chi connectivity index (χ2v) is 5.81. The molecule has 0 bridgehead atoms. The zero-order chi connectivity index (χ0) is 17.5. The van der Waals surface area contributed by atoms with Crippen molar-refractivity contribution in [3.63, 3.8) is 0 Å². The third-order valence-electron chi connectivity index (χ3n) is 3.06. The summed E-state index contributed by atoms with van der Waals surface area (Å²) < 4.78 is 4.88. The summed E-state index contributed by atoms with van der Waals surface area (Å²) in [6.07, 6.45) is 2.88. The van der Waals surface area contributed by atoms with Gasteiger partial charge in [0.05, 0.1) is 15.7 Å². The second kappa shape index (κ2) is 8.52. The van der Waals surface area contributed by atoms with E-state index in [0.717, 1.165) is 11.1 Å². The topological polar surface area (TPSA) is 55.4 Å². The molecule has 4 nitrogen and oxygen atoms in total. The van der Waals surface area contributed by atoms with Crippen molar-refractivity contribution in [1.29, 1.82) is 0 Å². The van der Waals surface area contributed by atoms with Gasteiger partial charge in [-0.15, -0.1) is 0 Å². The lowest BCUT2D eigenvalue weighted by Gasteiger charge is -2.08. The number of hydrogen-bond donors (Lipinski definition) is 1. The summed E-state index contributed by atoms with van der Waals surface area (Å²) >= 11 is 11.9. The maximum absolute atomic E-state index is 11.8. The van der Waals surface area contributed by atoms with Crippen molar-refractivity contribution < 1.29 is 14.3 Å². The molecule has 0 aliphatic carbocycles. The van der Waals surface area contributed by atoms with Gasteiger partial charge in [-0.05, 0) is 30.7 Å². The molecule has 6 heteroatoms. The lowest BCUT2D eigenvalue weighted by Crippen LogP contribution is -2.20. The lowest BCUT2D eigenvalue weighted by atomic mass is 10.1. The van der Waals surface area contributed by atoms with Crippen molar-refractivity contribution in [3.05, 3.63) is 69.7 Å². The predicted octanol–water partition coefficient (Wildman–Crippen LogP) is 4.50. The van der Waals surface area contributed by atoms with E-state index in [1.807, 2.05) is 31.2 Å². The second-order valence-electron chi connectivity index (χ2n) is 5.00. The number of rotatable bonds is 5. The smallest absolute Gasteiger partial charge is 0.331 e. The Kier molecular flexibility index (Phi) is 6.41. The van der Waals surface area contributed by atoms with E-state index in [1.165, 1.54) is 6.08 Å². The van der Waals surface area contributed by atoms with Gasteiger partial charge in [0.1, 0.15) is 0 Å². The SMILES string of the molecule is Cc1ccc(/C=C/C(=O)OCC(=O)Nc2c(Cl)cccc2Cl)cc1. The monoisotopic (exact) mass is 363 g/mol.